The fourth-order valence-electron chi connectivity index (χ4n) is 2.69. The SMILES string of the molecule is COc1ccc(NC2=CN(Cc3ccccc3)CC=C2)cc1OC. The van der Waals surface area contributed by atoms with E-state index in [1.807, 2.05) is 24.3 Å². The third-order valence-electron chi connectivity index (χ3n) is 3.86. The van der Waals surface area contributed by atoms with Gasteiger partial charge >= 0.3 is 0 Å². The van der Waals surface area contributed by atoms with Crippen molar-refractivity contribution < 1.29 is 9.47 Å². The standard InChI is InChI=1S/C20H22N2O2/c1-23-19-11-10-17(13-20(19)24-2)21-18-9-6-12-22(15-18)14-16-7-4-3-5-8-16/h3-11,13,15,21H,12,14H2,1-2H3. The van der Waals surface area contributed by atoms with E-state index in [0.717, 1.165) is 30.2 Å². The van der Waals surface area contributed by atoms with Crippen LogP contribution in [0, 0.1) is 0 Å². The highest BCUT2D eigenvalue weighted by Crippen LogP contribution is 2.30. The largest absolute Gasteiger partial charge is 0.493 e. The Hall–Kier alpha value is -2.88. The van der Waals surface area contributed by atoms with Gasteiger partial charge in [-0.3, -0.25) is 0 Å². The van der Waals surface area contributed by atoms with E-state index < -0.39 is 0 Å². The zero-order chi connectivity index (χ0) is 16.8. The van der Waals surface area contributed by atoms with Gasteiger partial charge in [0.05, 0.1) is 19.9 Å². The molecule has 0 bridgehead atoms. The Morgan fingerprint density at radius 3 is 2.54 bits per heavy atom. The second-order valence-electron chi connectivity index (χ2n) is 5.60. The second kappa shape index (κ2) is 7.59. The van der Waals surface area contributed by atoms with Crippen molar-refractivity contribution in [2.75, 3.05) is 26.1 Å². The molecule has 1 heterocycles. The van der Waals surface area contributed by atoms with E-state index in [9.17, 15) is 0 Å². The van der Waals surface area contributed by atoms with Crippen LogP contribution in [-0.4, -0.2) is 25.7 Å². The zero-order valence-corrected chi connectivity index (χ0v) is 14.0. The van der Waals surface area contributed by atoms with E-state index in [-0.39, 0.29) is 0 Å². The van der Waals surface area contributed by atoms with Crippen molar-refractivity contribution in [3.63, 3.8) is 0 Å². The maximum atomic E-state index is 5.35. The van der Waals surface area contributed by atoms with Gasteiger partial charge in [0, 0.05) is 31.0 Å². The monoisotopic (exact) mass is 322 g/mol. The maximum absolute atomic E-state index is 5.35. The summed E-state index contributed by atoms with van der Waals surface area (Å²) in [6.07, 6.45) is 6.40. The van der Waals surface area contributed by atoms with Crippen LogP contribution in [0.2, 0.25) is 0 Å². The van der Waals surface area contributed by atoms with Crippen molar-refractivity contribution in [1.82, 2.24) is 4.90 Å². The third kappa shape index (κ3) is 3.90. The topological polar surface area (TPSA) is 33.7 Å². The lowest BCUT2D eigenvalue weighted by molar-refractivity contribution is 0.355. The highest BCUT2D eigenvalue weighted by molar-refractivity contribution is 5.58. The van der Waals surface area contributed by atoms with Gasteiger partial charge in [-0.2, -0.15) is 0 Å². The van der Waals surface area contributed by atoms with Crippen LogP contribution < -0.4 is 14.8 Å². The maximum Gasteiger partial charge on any atom is 0.162 e. The third-order valence-corrected chi connectivity index (χ3v) is 3.86. The smallest absolute Gasteiger partial charge is 0.162 e. The molecule has 4 nitrogen and oxygen atoms in total. The van der Waals surface area contributed by atoms with E-state index >= 15 is 0 Å². The molecule has 124 valence electrons. The number of nitrogens with zero attached hydrogens (tertiary/aromatic N) is 1. The van der Waals surface area contributed by atoms with E-state index in [0.29, 0.717) is 5.75 Å². The molecule has 0 saturated heterocycles. The first-order valence-corrected chi connectivity index (χ1v) is 7.94. The number of hydrogen-bond donors (Lipinski definition) is 1. The minimum atomic E-state index is 0.712. The Morgan fingerprint density at radius 1 is 1.00 bits per heavy atom. The van der Waals surface area contributed by atoms with E-state index in [2.05, 4.69) is 52.8 Å². The van der Waals surface area contributed by atoms with Gasteiger partial charge in [-0.1, -0.05) is 36.4 Å². The van der Waals surface area contributed by atoms with Crippen molar-refractivity contribution >= 4 is 5.69 Å². The summed E-state index contributed by atoms with van der Waals surface area (Å²) in [5.74, 6) is 1.44. The van der Waals surface area contributed by atoms with Crippen molar-refractivity contribution in [3.05, 3.63) is 78.1 Å². The minimum Gasteiger partial charge on any atom is -0.493 e. The molecule has 1 aliphatic rings. The minimum absolute atomic E-state index is 0.712. The number of ether oxygens (including phenoxy) is 2. The average molecular weight is 322 g/mol. The molecular weight excluding hydrogens is 300 g/mol. The lowest BCUT2D eigenvalue weighted by Gasteiger charge is -2.24. The zero-order valence-electron chi connectivity index (χ0n) is 14.0. The highest BCUT2D eigenvalue weighted by Gasteiger charge is 2.08. The van der Waals surface area contributed by atoms with Crippen LogP contribution in [0.5, 0.6) is 11.5 Å². The molecule has 0 radical (unpaired) electrons. The Labute approximate surface area is 143 Å². The Kier molecular flexibility index (Phi) is 5.06. The van der Waals surface area contributed by atoms with Gasteiger partial charge in [0.25, 0.3) is 0 Å². The summed E-state index contributed by atoms with van der Waals surface area (Å²) in [7, 11) is 3.28. The van der Waals surface area contributed by atoms with Crippen LogP contribution in [0.3, 0.4) is 0 Å². The molecule has 3 rings (SSSR count). The Morgan fingerprint density at radius 2 is 1.79 bits per heavy atom. The normalized spacial score (nSPS) is 13.4. The summed E-state index contributed by atoms with van der Waals surface area (Å²) in [5.41, 5.74) is 3.31. The van der Waals surface area contributed by atoms with Gasteiger partial charge < -0.3 is 19.7 Å². The van der Waals surface area contributed by atoms with Crippen molar-refractivity contribution in [3.8, 4) is 11.5 Å². The lowest BCUT2D eigenvalue weighted by atomic mass is 10.2. The van der Waals surface area contributed by atoms with Gasteiger partial charge in [-0.25, -0.2) is 0 Å². The molecule has 0 spiro atoms. The summed E-state index contributed by atoms with van der Waals surface area (Å²) in [6.45, 7) is 1.80. The summed E-state index contributed by atoms with van der Waals surface area (Å²) < 4.78 is 10.6. The number of anilines is 1. The number of allylic oxidation sites excluding steroid dienone is 1. The summed E-state index contributed by atoms with van der Waals surface area (Å²) in [5, 5.41) is 3.42. The molecule has 0 unspecified atom stereocenters. The Balaban J connectivity index is 1.71. The number of nitrogens with one attached hydrogen (secondary N) is 1. The molecule has 1 N–H and O–H groups in total. The molecule has 0 aromatic heterocycles. The van der Waals surface area contributed by atoms with Crippen LogP contribution in [-0.2, 0) is 6.54 Å². The van der Waals surface area contributed by atoms with Gasteiger partial charge in [0.2, 0.25) is 0 Å². The van der Waals surface area contributed by atoms with E-state index in [4.69, 9.17) is 9.47 Å². The molecule has 24 heavy (non-hydrogen) atoms. The fourth-order valence-corrected chi connectivity index (χ4v) is 2.69. The average Bonchev–Trinajstić information content (AvgIpc) is 2.63. The highest BCUT2D eigenvalue weighted by atomic mass is 16.5. The van der Waals surface area contributed by atoms with Gasteiger partial charge in [-0.05, 0) is 23.8 Å². The molecule has 1 aliphatic heterocycles. The number of methoxy groups -OCH3 is 2. The van der Waals surface area contributed by atoms with Gasteiger partial charge in [0.1, 0.15) is 0 Å². The molecule has 0 amide bonds. The number of benzene rings is 2. The van der Waals surface area contributed by atoms with Crippen molar-refractivity contribution in [2.45, 2.75) is 6.54 Å². The molecule has 0 aliphatic carbocycles. The van der Waals surface area contributed by atoms with Gasteiger partial charge in [0.15, 0.2) is 11.5 Å². The summed E-state index contributed by atoms with van der Waals surface area (Å²) >= 11 is 0. The molecule has 0 atom stereocenters. The lowest BCUT2D eigenvalue weighted by Crippen LogP contribution is -2.21. The Bertz CT molecular complexity index is 739. The molecular formula is C20H22N2O2. The molecule has 2 aromatic rings. The first-order chi connectivity index (χ1) is 11.8. The molecule has 0 fully saturated rings. The summed E-state index contributed by atoms with van der Waals surface area (Å²) in [4.78, 5) is 2.28. The number of rotatable bonds is 6. The van der Waals surface area contributed by atoms with Crippen molar-refractivity contribution in [2.24, 2.45) is 0 Å². The molecule has 0 saturated carbocycles. The van der Waals surface area contributed by atoms with Crippen LogP contribution in [0.1, 0.15) is 5.56 Å². The van der Waals surface area contributed by atoms with Gasteiger partial charge in [-0.15, -0.1) is 0 Å². The first-order valence-electron chi connectivity index (χ1n) is 7.94. The second-order valence-corrected chi connectivity index (χ2v) is 5.60. The van der Waals surface area contributed by atoms with Crippen LogP contribution in [0.25, 0.3) is 0 Å². The van der Waals surface area contributed by atoms with E-state index in [1.54, 1.807) is 14.2 Å². The van der Waals surface area contributed by atoms with Crippen molar-refractivity contribution in [1.29, 1.82) is 0 Å². The van der Waals surface area contributed by atoms with Crippen LogP contribution >= 0.6 is 0 Å². The first kappa shape index (κ1) is 16.0. The predicted molar refractivity (Wildman–Crippen MR) is 97.2 cm³/mol. The van der Waals surface area contributed by atoms with Crippen LogP contribution in [0.4, 0.5) is 5.69 Å². The quantitative estimate of drug-likeness (QED) is 0.870. The number of hydrogen-bond acceptors (Lipinski definition) is 4. The van der Waals surface area contributed by atoms with Crippen LogP contribution in [0.15, 0.2) is 72.6 Å². The fraction of sp³-hybridized carbons (Fsp3) is 0.200. The summed E-state index contributed by atoms with van der Waals surface area (Å²) in [6, 6.07) is 16.3. The molecule has 2 aromatic carbocycles. The molecule has 4 heteroatoms. The predicted octanol–water partition coefficient (Wildman–Crippen LogP) is 4.03. The van der Waals surface area contributed by atoms with E-state index in [1.165, 1.54) is 5.56 Å².